The summed E-state index contributed by atoms with van der Waals surface area (Å²) >= 11 is 0. The zero-order valence-electron chi connectivity index (χ0n) is 16.6. The number of furan rings is 1. The fourth-order valence-corrected chi connectivity index (χ4v) is 3.31. The Morgan fingerprint density at radius 3 is 2.26 bits per heavy atom. The van der Waals surface area contributed by atoms with Crippen LogP contribution in [0.3, 0.4) is 0 Å². The summed E-state index contributed by atoms with van der Waals surface area (Å²) in [6.45, 7) is 5.68. The van der Waals surface area contributed by atoms with Crippen LogP contribution in [0, 0.1) is 6.92 Å². The minimum Gasteiger partial charge on any atom is -0.463 e. The highest BCUT2D eigenvalue weighted by atomic mass is 32.2. The molecule has 0 amide bonds. The number of sulfonamides is 1. The molecule has 0 aliphatic carbocycles. The van der Waals surface area contributed by atoms with E-state index in [0.29, 0.717) is 18.8 Å². The lowest BCUT2D eigenvalue weighted by Gasteiger charge is -2.29. The molecule has 0 unspecified atom stereocenters. The minimum atomic E-state index is -3.25. The third-order valence-corrected chi connectivity index (χ3v) is 6.12. The van der Waals surface area contributed by atoms with Gasteiger partial charge in [0.1, 0.15) is 11.5 Å². The van der Waals surface area contributed by atoms with Crippen molar-refractivity contribution in [2.45, 2.75) is 45.9 Å². The molecule has 2 aromatic rings. The fourth-order valence-electron chi connectivity index (χ4n) is 2.95. The molecule has 0 aliphatic rings. The first-order valence-electron chi connectivity index (χ1n) is 9.13. The van der Waals surface area contributed by atoms with Crippen LogP contribution in [0.15, 0.2) is 40.8 Å². The molecule has 0 radical (unpaired) electrons. The van der Waals surface area contributed by atoms with Crippen molar-refractivity contribution >= 4 is 10.0 Å². The van der Waals surface area contributed by atoms with Crippen molar-refractivity contribution in [2.24, 2.45) is 0 Å². The lowest BCUT2D eigenvalue weighted by molar-refractivity contribution is 0.0991. The number of hydrogen-bond donors (Lipinski definition) is 1. The average Bonchev–Trinajstić information content (AvgIpc) is 3.04. The summed E-state index contributed by atoms with van der Waals surface area (Å²) in [4.78, 5) is 2.20. The molecule has 27 heavy (non-hydrogen) atoms. The minimum absolute atomic E-state index is 0.0249. The first-order chi connectivity index (χ1) is 12.7. The molecule has 2 rings (SSSR count). The predicted molar refractivity (Wildman–Crippen MR) is 107 cm³/mol. The molecule has 7 heteroatoms. The second kappa shape index (κ2) is 9.50. The van der Waals surface area contributed by atoms with E-state index in [1.165, 1.54) is 28.7 Å². The standard InChI is InChI=1S/C20H30N2O4S/c1-5-18(15-23)22(12-17-9-7-6-8-16(17)2)14-20-11-10-19(26-20)13-21(3)27(4,24)25/h6-11,18,23H,5,12-15H2,1-4H3/t18-/m1/s1. The molecule has 0 spiro atoms. The maximum atomic E-state index is 11.6. The van der Waals surface area contributed by atoms with Gasteiger partial charge in [0.2, 0.25) is 10.0 Å². The molecule has 150 valence electrons. The van der Waals surface area contributed by atoms with Crippen molar-refractivity contribution in [3.8, 4) is 0 Å². The Bertz CT molecular complexity index is 828. The van der Waals surface area contributed by atoms with E-state index < -0.39 is 10.0 Å². The highest BCUT2D eigenvalue weighted by Crippen LogP contribution is 2.19. The summed E-state index contributed by atoms with van der Waals surface area (Å²) in [7, 11) is -1.72. The van der Waals surface area contributed by atoms with Gasteiger partial charge in [0.25, 0.3) is 0 Å². The molecule has 6 nitrogen and oxygen atoms in total. The van der Waals surface area contributed by atoms with Gasteiger partial charge < -0.3 is 9.52 Å². The van der Waals surface area contributed by atoms with Crippen molar-refractivity contribution < 1.29 is 17.9 Å². The van der Waals surface area contributed by atoms with Crippen LogP contribution in [-0.4, -0.2) is 48.7 Å². The van der Waals surface area contributed by atoms with Crippen LogP contribution >= 0.6 is 0 Å². The zero-order chi connectivity index (χ0) is 20.0. The molecule has 0 saturated heterocycles. The molecule has 0 aliphatic heterocycles. The van der Waals surface area contributed by atoms with E-state index in [4.69, 9.17) is 4.42 Å². The Balaban J connectivity index is 2.15. The van der Waals surface area contributed by atoms with Crippen molar-refractivity contribution in [3.05, 3.63) is 59.0 Å². The molecule has 1 N–H and O–H groups in total. The highest BCUT2D eigenvalue weighted by molar-refractivity contribution is 7.88. The average molecular weight is 395 g/mol. The van der Waals surface area contributed by atoms with Crippen LogP contribution in [0.5, 0.6) is 0 Å². The Labute approximate surface area is 162 Å². The number of aliphatic hydroxyl groups excluding tert-OH is 1. The van der Waals surface area contributed by atoms with Gasteiger partial charge >= 0.3 is 0 Å². The van der Waals surface area contributed by atoms with E-state index in [0.717, 1.165) is 12.2 Å². The van der Waals surface area contributed by atoms with Gasteiger partial charge in [-0.2, -0.15) is 4.31 Å². The second-order valence-electron chi connectivity index (χ2n) is 6.96. The number of aliphatic hydroxyl groups is 1. The number of rotatable bonds is 10. The molecule has 0 saturated carbocycles. The summed E-state index contributed by atoms with van der Waals surface area (Å²) in [5.74, 6) is 1.36. The molecule has 0 bridgehead atoms. The monoisotopic (exact) mass is 394 g/mol. The maximum Gasteiger partial charge on any atom is 0.211 e. The molecule has 1 heterocycles. The van der Waals surface area contributed by atoms with Crippen molar-refractivity contribution in [1.82, 2.24) is 9.21 Å². The van der Waals surface area contributed by atoms with Gasteiger partial charge in [-0.05, 0) is 36.6 Å². The molecule has 0 fully saturated rings. The van der Waals surface area contributed by atoms with E-state index in [1.807, 2.05) is 24.3 Å². The molecule has 1 aromatic heterocycles. The summed E-state index contributed by atoms with van der Waals surface area (Å²) in [6.07, 6.45) is 2.00. The van der Waals surface area contributed by atoms with E-state index >= 15 is 0 Å². The largest absolute Gasteiger partial charge is 0.463 e. The Kier molecular flexibility index (Phi) is 7.61. The third kappa shape index (κ3) is 6.17. The van der Waals surface area contributed by atoms with Crippen molar-refractivity contribution in [3.63, 3.8) is 0 Å². The second-order valence-corrected chi connectivity index (χ2v) is 9.05. The van der Waals surface area contributed by atoms with Gasteiger partial charge in [-0.3, -0.25) is 4.90 Å². The van der Waals surface area contributed by atoms with Crippen LogP contribution in [0.1, 0.15) is 36.0 Å². The van der Waals surface area contributed by atoms with Gasteiger partial charge in [0, 0.05) is 19.6 Å². The van der Waals surface area contributed by atoms with Gasteiger partial charge in [-0.15, -0.1) is 0 Å². The first-order valence-corrected chi connectivity index (χ1v) is 11.0. The normalized spacial score (nSPS) is 13.4. The summed E-state index contributed by atoms with van der Waals surface area (Å²) < 4.78 is 30.3. The van der Waals surface area contributed by atoms with Crippen molar-refractivity contribution in [1.29, 1.82) is 0 Å². The number of aryl methyl sites for hydroxylation is 1. The fraction of sp³-hybridized carbons (Fsp3) is 0.500. The highest BCUT2D eigenvalue weighted by Gasteiger charge is 2.20. The number of benzene rings is 1. The third-order valence-electron chi connectivity index (χ3n) is 4.85. The maximum absolute atomic E-state index is 11.6. The molecule has 1 atom stereocenters. The predicted octanol–water partition coefficient (Wildman–Crippen LogP) is 2.75. The van der Waals surface area contributed by atoms with Crippen LogP contribution in [0.2, 0.25) is 0 Å². The van der Waals surface area contributed by atoms with Gasteiger partial charge in [-0.1, -0.05) is 31.2 Å². The Morgan fingerprint density at radius 2 is 1.70 bits per heavy atom. The Morgan fingerprint density at radius 1 is 1.07 bits per heavy atom. The molecule has 1 aromatic carbocycles. The zero-order valence-corrected chi connectivity index (χ0v) is 17.4. The molecular weight excluding hydrogens is 364 g/mol. The van der Waals surface area contributed by atoms with Crippen LogP contribution in [0.25, 0.3) is 0 Å². The molecular formula is C20H30N2O4S. The summed E-state index contributed by atoms with van der Waals surface area (Å²) in [5, 5.41) is 9.79. The lowest BCUT2D eigenvalue weighted by atomic mass is 10.1. The van der Waals surface area contributed by atoms with Gasteiger partial charge in [-0.25, -0.2) is 8.42 Å². The van der Waals surface area contributed by atoms with Gasteiger partial charge in [0.05, 0.1) is 26.0 Å². The SMILES string of the molecule is CC[C@H](CO)N(Cc1ccc(CN(C)S(C)(=O)=O)o1)Cc1ccccc1C. The Hall–Kier alpha value is -1.67. The van der Waals surface area contributed by atoms with Crippen LogP contribution < -0.4 is 0 Å². The van der Waals surface area contributed by atoms with E-state index in [1.54, 1.807) is 0 Å². The summed E-state index contributed by atoms with van der Waals surface area (Å²) in [5.41, 5.74) is 2.43. The number of hydrogen-bond acceptors (Lipinski definition) is 5. The van der Waals surface area contributed by atoms with Crippen LogP contribution in [0.4, 0.5) is 0 Å². The van der Waals surface area contributed by atoms with E-state index in [-0.39, 0.29) is 19.2 Å². The lowest BCUT2D eigenvalue weighted by Crippen LogP contribution is -2.36. The smallest absolute Gasteiger partial charge is 0.211 e. The van der Waals surface area contributed by atoms with Crippen molar-refractivity contribution in [2.75, 3.05) is 19.9 Å². The van der Waals surface area contributed by atoms with E-state index in [9.17, 15) is 13.5 Å². The van der Waals surface area contributed by atoms with Crippen LogP contribution in [-0.2, 0) is 29.7 Å². The van der Waals surface area contributed by atoms with Gasteiger partial charge in [0.15, 0.2) is 0 Å². The quantitative estimate of drug-likeness (QED) is 0.671. The van der Waals surface area contributed by atoms with E-state index in [2.05, 4.69) is 30.9 Å². The topological polar surface area (TPSA) is 74.0 Å². The summed E-state index contributed by atoms with van der Waals surface area (Å²) in [6, 6.07) is 11.9. The number of nitrogens with zero attached hydrogens (tertiary/aromatic N) is 2. The first kappa shape index (κ1) is 21.6.